The molecule has 2 aliphatic rings. The summed E-state index contributed by atoms with van der Waals surface area (Å²) in [4.78, 5) is 12.2. The first-order valence-electron chi connectivity index (χ1n) is 9.58. The summed E-state index contributed by atoms with van der Waals surface area (Å²) in [5, 5.41) is 6.41. The summed E-state index contributed by atoms with van der Waals surface area (Å²) < 4.78 is 11.6. The molecule has 2 heterocycles. The predicted molar refractivity (Wildman–Crippen MR) is 98.1 cm³/mol. The lowest BCUT2D eigenvalue weighted by Crippen LogP contribution is -2.29. The Kier molecular flexibility index (Phi) is 6.19. The van der Waals surface area contributed by atoms with E-state index in [4.69, 9.17) is 9.47 Å². The second-order valence-electron chi connectivity index (χ2n) is 7.14. The van der Waals surface area contributed by atoms with Crippen molar-refractivity contribution in [2.24, 2.45) is 5.92 Å². The third-order valence-electron chi connectivity index (χ3n) is 5.09. The molecule has 0 radical (unpaired) electrons. The first kappa shape index (κ1) is 18.1. The number of fused-ring (bicyclic) bond motifs is 1. The van der Waals surface area contributed by atoms with E-state index in [2.05, 4.69) is 23.6 Å². The highest BCUT2D eigenvalue weighted by atomic mass is 16.5. The van der Waals surface area contributed by atoms with Gasteiger partial charge in [-0.2, -0.15) is 0 Å². The monoisotopic (exact) mass is 346 g/mol. The molecule has 3 rings (SSSR count). The number of piperidine rings is 1. The van der Waals surface area contributed by atoms with Crippen LogP contribution < -0.4 is 20.1 Å². The number of carbonyl (C=O) groups excluding carboxylic acids is 1. The number of rotatable bonds is 7. The average molecular weight is 346 g/mol. The van der Waals surface area contributed by atoms with Crippen LogP contribution in [0.5, 0.6) is 11.5 Å². The summed E-state index contributed by atoms with van der Waals surface area (Å²) in [5.41, 5.74) is 2.18. The molecule has 0 aromatic heterocycles. The minimum absolute atomic E-state index is 0.121. The Morgan fingerprint density at radius 1 is 1.36 bits per heavy atom. The molecule has 1 fully saturated rings. The lowest BCUT2D eigenvalue weighted by molar-refractivity contribution is -0.121. The van der Waals surface area contributed by atoms with E-state index in [1.165, 1.54) is 18.4 Å². The van der Waals surface area contributed by atoms with Crippen LogP contribution in [0, 0.1) is 5.92 Å². The Labute approximate surface area is 150 Å². The smallest absolute Gasteiger partial charge is 0.220 e. The summed E-state index contributed by atoms with van der Waals surface area (Å²) in [6.07, 6.45) is 5.08. The molecule has 0 spiro atoms. The summed E-state index contributed by atoms with van der Waals surface area (Å²) in [6.45, 7) is 7.32. The van der Waals surface area contributed by atoms with Crippen LogP contribution in [-0.4, -0.2) is 31.7 Å². The van der Waals surface area contributed by atoms with Gasteiger partial charge >= 0.3 is 0 Å². The molecular weight excluding hydrogens is 316 g/mol. The van der Waals surface area contributed by atoms with Gasteiger partial charge in [0.25, 0.3) is 0 Å². The first-order valence-corrected chi connectivity index (χ1v) is 9.58. The van der Waals surface area contributed by atoms with E-state index in [9.17, 15) is 4.79 Å². The van der Waals surface area contributed by atoms with Gasteiger partial charge in [-0.25, -0.2) is 0 Å². The zero-order valence-corrected chi connectivity index (χ0v) is 15.4. The number of ether oxygens (including phenoxy) is 2. The number of nitrogens with one attached hydrogen (secondary N) is 2. The van der Waals surface area contributed by atoms with E-state index in [1.807, 2.05) is 13.0 Å². The van der Waals surface area contributed by atoms with Crippen LogP contribution in [0.1, 0.15) is 50.7 Å². The van der Waals surface area contributed by atoms with Crippen molar-refractivity contribution in [3.05, 3.63) is 23.3 Å². The van der Waals surface area contributed by atoms with Crippen molar-refractivity contribution in [2.45, 2.75) is 58.6 Å². The minimum Gasteiger partial charge on any atom is -0.494 e. The maximum Gasteiger partial charge on any atom is 0.220 e. The predicted octanol–water partition coefficient (Wildman–Crippen LogP) is 2.80. The first-order chi connectivity index (χ1) is 12.2. The van der Waals surface area contributed by atoms with Gasteiger partial charge < -0.3 is 20.1 Å². The van der Waals surface area contributed by atoms with Crippen LogP contribution in [0.2, 0.25) is 0 Å². The van der Waals surface area contributed by atoms with Crippen molar-refractivity contribution in [1.82, 2.24) is 10.6 Å². The maximum atomic E-state index is 12.2. The molecule has 138 valence electrons. The number of hydrogen-bond donors (Lipinski definition) is 2. The Morgan fingerprint density at radius 3 is 2.92 bits per heavy atom. The number of hydrogen-bond acceptors (Lipinski definition) is 4. The molecule has 5 nitrogen and oxygen atoms in total. The van der Waals surface area contributed by atoms with Crippen LogP contribution >= 0.6 is 0 Å². The third-order valence-corrected chi connectivity index (χ3v) is 5.09. The van der Waals surface area contributed by atoms with Gasteiger partial charge in [0.15, 0.2) is 0 Å². The normalized spacial score (nSPS) is 20.0. The molecule has 25 heavy (non-hydrogen) atoms. The second kappa shape index (κ2) is 8.56. The molecule has 0 saturated carbocycles. The average Bonchev–Trinajstić information content (AvgIpc) is 2.98. The van der Waals surface area contributed by atoms with E-state index < -0.39 is 0 Å². The highest BCUT2D eigenvalue weighted by Crippen LogP contribution is 2.35. The van der Waals surface area contributed by atoms with E-state index in [0.29, 0.717) is 25.5 Å². The third kappa shape index (κ3) is 4.88. The van der Waals surface area contributed by atoms with Gasteiger partial charge in [-0.3, -0.25) is 4.79 Å². The lowest BCUT2D eigenvalue weighted by Gasteiger charge is -2.22. The molecule has 1 aromatic rings. The molecule has 1 amide bonds. The summed E-state index contributed by atoms with van der Waals surface area (Å²) in [7, 11) is 0. The SMILES string of the molecule is CCOc1cc2c(cc1CNC(=O)CCC1CCNCC1)OC(C)C2. The maximum absolute atomic E-state index is 12.2. The zero-order valence-electron chi connectivity index (χ0n) is 15.4. The van der Waals surface area contributed by atoms with Crippen molar-refractivity contribution in [3.8, 4) is 11.5 Å². The van der Waals surface area contributed by atoms with Crippen molar-refractivity contribution < 1.29 is 14.3 Å². The fourth-order valence-corrected chi connectivity index (χ4v) is 3.70. The van der Waals surface area contributed by atoms with Gasteiger partial charge in [0, 0.05) is 30.5 Å². The van der Waals surface area contributed by atoms with Gasteiger partial charge in [-0.15, -0.1) is 0 Å². The van der Waals surface area contributed by atoms with Crippen LogP contribution in [0.15, 0.2) is 12.1 Å². The fourth-order valence-electron chi connectivity index (χ4n) is 3.70. The van der Waals surface area contributed by atoms with Gasteiger partial charge in [0.2, 0.25) is 5.91 Å². The number of benzene rings is 1. The Bertz CT molecular complexity index is 597. The molecule has 2 aliphatic heterocycles. The molecule has 1 aromatic carbocycles. The van der Waals surface area contributed by atoms with Gasteiger partial charge in [0.05, 0.1) is 6.61 Å². The topological polar surface area (TPSA) is 59.6 Å². The van der Waals surface area contributed by atoms with E-state index in [0.717, 1.165) is 43.0 Å². The molecule has 0 bridgehead atoms. The quantitative estimate of drug-likeness (QED) is 0.797. The Hall–Kier alpha value is -1.75. The van der Waals surface area contributed by atoms with E-state index in [-0.39, 0.29) is 12.0 Å². The highest BCUT2D eigenvalue weighted by Gasteiger charge is 2.22. The minimum atomic E-state index is 0.121. The van der Waals surface area contributed by atoms with Crippen LogP contribution in [0.25, 0.3) is 0 Å². The summed E-state index contributed by atoms with van der Waals surface area (Å²) in [5.74, 6) is 2.59. The molecule has 5 heteroatoms. The van der Waals surface area contributed by atoms with Crippen LogP contribution in [-0.2, 0) is 17.8 Å². The largest absolute Gasteiger partial charge is 0.494 e. The summed E-state index contributed by atoms with van der Waals surface area (Å²) in [6, 6.07) is 4.09. The molecule has 1 unspecified atom stereocenters. The molecule has 1 atom stereocenters. The van der Waals surface area contributed by atoms with Crippen LogP contribution in [0.3, 0.4) is 0 Å². The zero-order chi connectivity index (χ0) is 17.6. The van der Waals surface area contributed by atoms with Crippen LogP contribution in [0.4, 0.5) is 0 Å². The van der Waals surface area contributed by atoms with E-state index >= 15 is 0 Å². The van der Waals surface area contributed by atoms with Gasteiger partial charge in [0.1, 0.15) is 17.6 Å². The van der Waals surface area contributed by atoms with Crippen molar-refractivity contribution in [1.29, 1.82) is 0 Å². The standard InChI is InChI=1S/C20H30N2O3/c1-3-24-18-11-16-10-14(2)25-19(16)12-17(18)13-22-20(23)5-4-15-6-8-21-9-7-15/h11-12,14-15,21H,3-10,13H2,1-2H3,(H,22,23). The van der Waals surface area contributed by atoms with Gasteiger partial charge in [-0.05, 0) is 64.3 Å². The fraction of sp³-hybridized carbons (Fsp3) is 0.650. The molecule has 0 aliphatic carbocycles. The number of carbonyl (C=O) groups is 1. The highest BCUT2D eigenvalue weighted by molar-refractivity contribution is 5.76. The number of amides is 1. The Morgan fingerprint density at radius 2 is 2.16 bits per heavy atom. The molecule has 1 saturated heterocycles. The van der Waals surface area contributed by atoms with Crippen molar-refractivity contribution in [2.75, 3.05) is 19.7 Å². The van der Waals surface area contributed by atoms with Crippen molar-refractivity contribution in [3.63, 3.8) is 0 Å². The Balaban J connectivity index is 1.54. The molecule has 2 N–H and O–H groups in total. The van der Waals surface area contributed by atoms with Gasteiger partial charge in [-0.1, -0.05) is 0 Å². The van der Waals surface area contributed by atoms with E-state index in [1.54, 1.807) is 0 Å². The second-order valence-corrected chi connectivity index (χ2v) is 7.14. The van der Waals surface area contributed by atoms with Crippen molar-refractivity contribution >= 4 is 5.91 Å². The summed E-state index contributed by atoms with van der Waals surface area (Å²) >= 11 is 0. The lowest BCUT2D eigenvalue weighted by atomic mass is 9.93. The molecular formula is C20H30N2O3.